The Morgan fingerprint density at radius 1 is 1.53 bits per heavy atom. The van der Waals surface area contributed by atoms with Crippen LogP contribution in [0, 0.1) is 0 Å². The third kappa shape index (κ3) is 2.65. The molecule has 0 saturated carbocycles. The number of halogens is 1. The fourth-order valence-electron chi connectivity index (χ4n) is 1.45. The van der Waals surface area contributed by atoms with E-state index in [0.29, 0.717) is 22.3 Å². The maximum atomic E-state index is 10.6. The fraction of sp³-hybridized carbons (Fsp3) is 0.167. The van der Waals surface area contributed by atoms with Gasteiger partial charge in [-0.25, -0.2) is 4.98 Å². The van der Waals surface area contributed by atoms with Crippen molar-refractivity contribution >= 4 is 29.2 Å². The van der Waals surface area contributed by atoms with Gasteiger partial charge in [0.25, 0.3) is 0 Å². The highest BCUT2D eigenvalue weighted by atomic mass is 35.5. The molecule has 5 heteroatoms. The van der Waals surface area contributed by atoms with Gasteiger partial charge < -0.3 is 4.74 Å². The first-order chi connectivity index (χ1) is 8.24. The predicted molar refractivity (Wildman–Crippen MR) is 69.1 cm³/mol. The number of hydrogen-bond acceptors (Lipinski definition) is 4. The number of aldehydes is 1. The molecule has 0 atom stereocenters. The summed E-state index contributed by atoms with van der Waals surface area (Å²) in [5.74, 6) is 0.722. The highest BCUT2D eigenvalue weighted by Gasteiger charge is 2.10. The van der Waals surface area contributed by atoms with Gasteiger partial charge in [0.2, 0.25) is 0 Å². The second-order valence-electron chi connectivity index (χ2n) is 3.26. The minimum absolute atomic E-state index is 0.447. The number of carbonyl (C=O) groups is 1. The Morgan fingerprint density at radius 3 is 3.00 bits per heavy atom. The van der Waals surface area contributed by atoms with E-state index >= 15 is 0 Å². The Morgan fingerprint density at radius 2 is 2.35 bits per heavy atom. The highest BCUT2D eigenvalue weighted by Crippen LogP contribution is 2.33. The van der Waals surface area contributed by atoms with Crippen molar-refractivity contribution in [3.05, 3.63) is 33.6 Å². The molecule has 17 heavy (non-hydrogen) atoms. The number of hydrogen-bond donors (Lipinski definition) is 0. The summed E-state index contributed by atoms with van der Waals surface area (Å²) in [7, 11) is 0. The lowest BCUT2D eigenvalue weighted by molar-refractivity contribution is 0.112. The van der Waals surface area contributed by atoms with Crippen molar-refractivity contribution in [3.63, 3.8) is 0 Å². The Hall–Kier alpha value is -1.39. The van der Waals surface area contributed by atoms with Crippen molar-refractivity contribution < 1.29 is 9.53 Å². The molecule has 0 aliphatic carbocycles. The Kier molecular flexibility index (Phi) is 3.76. The van der Waals surface area contributed by atoms with Crippen LogP contribution in [0.4, 0.5) is 0 Å². The van der Waals surface area contributed by atoms with Gasteiger partial charge in [0.05, 0.1) is 12.3 Å². The summed E-state index contributed by atoms with van der Waals surface area (Å²) in [6, 6.07) is 5.36. The Labute approximate surface area is 108 Å². The van der Waals surface area contributed by atoms with Crippen molar-refractivity contribution in [1.29, 1.82) is 0 Å². The molecule has 3 nitrogen and oxygen atoms in total. The molecule has 1 aromatic heterocycles. The van der Waals surface area contributed by atoms with Crippen LogP contribution < -0.4 is 4.74 Å². The van der Waals surface area contributed by atoms with Crippen molar-refractivity contribution in [2.24, 2.45) is 0 Å². The average Bonchev–Trinajstić information content (AvgIpc) is 2.80. The van der Waals surface area contributed by atoms with E-state index in [2.05, 4.69) is 4.98 Å². The van der Waals surface area contributed by atoms with Crippen LogP contribution in [0.2, 0.25) is 5.02 Å². The van der Waals surface area contributed by atoms with Crippen LogP contribution in [0.15, 0.2) is 23.6 Å². The normalized spacial score (nSPS) is 10.2. The van der Waals surface area contributed by atoms with Crippen molar-refractivity contribution in [3.8, 4) is 17.0 Å². The first kappa shape index (κ1) is 12.1. The number of nitrogens with zero attached hydrogens (tertiary/aromatic N) is 1. The zero-order valence-electron chi connectivity index (χ0n) is 9.14. The molecular weight excluding hydrogens is 258 g/mol. The molecule has 2 aromatic rings. The molecule has 0 N–H and O–H groups in total. The van der Waals surface area contributed by atoms with Gasteiger partial charge in [-0.2, -0.15) is 0 Å². The second-order valence-corrected chi connectivity index (χ2v) is 4.59. The van der Waals surface area contributed by atoms with E-state index in [9.17, 15) is 4.79 Å². The molecular formula is C12H10ClNO2S. The van der Waals surface area contributed by atoms with Crippen LogP contribution in [0.3, 0.4) is 0 Å². The number of thiazole rings is 1. The number of carbonyl (C=O) groups excluding carboxylic acids is 1. The van der Waals surface area contributed by atoms with Gasteiger partial charge in [-0.1, -0.05) is 11.6 Å². The van der Waals surface area contributed by atoms with Gasteiger partial charge in [-0.15, -0.1) is 11.3 Å². The minimum Gasteiger partial charge on any atom is -0.493 e. The van der Waals surface area contributed by atoms with E-state index in [-0.39, 0.29) is 0 Å². The van der Waals surface area contributed by atoms with Crippen LogP contribution >= 0.6 is 22.9 Å². The van der Waals surface area contributed by atoms with Crippen LogP contribution in [-0.4, -0.2) is 17.9 Å². The molecule has 88 valence electrons. The molecule has 0 radical (unpaired) electrons. The fourth-order valence-corrected chi connectivity index (χ4v) is 2.24. The van der Waals surface area contributed by atoms with E-state index in [1.807, 2.05) is 12.3 Å². The summed E-state index contributed by atoms with van der Waals surface area (Å²) in [6.07, 6.45) is 0.735. The summed E-state index contributed by atoms with van der Waals surface area (Å²) < 4.78 is 5.51. The lowest BCUT2D eigenvalue weighted by atomic mass is 10.1. The lowest BCUT2D eigenvalue weighted by Crippen LogP contribution is -1.94. The first-order valence-corrected chi connectivity index (χ1v) is 6.33. The molecule has 0 amide bonds. The Bertz CT molecular complexity index is 539. The molecule has 0 aliphatic rings. The molecule has 0 aliphatic heterocycles. The molecule has 0 fully saturated rings. The van der Waals surface area contributed by atoms with E-state index in [4.69, 9.17) is 16.3 Å². The molecule has 1 heterocycles. The van der Waals surface area contributed by atoms with Crippen molar-refractivity contribution in [1.82, 2.24) is 4.98 Å². The number of aromatic nitrogens is 1. The molecule has 0 saturated heterocycles. The molecule has 0 spiro atoms. The van der Waals surface area contributed by atoms with Crippen molar-refractivity contribution in [2.45, 2.75) is 6.92 Å². The van der Waals surface area contributed by atoms with E-state index in [1.165, 1.54) is 11.3 Å². The van der Waals surface area contributed by atoms with Gasteiger partial charge >= 0.3 is 0 Å². The van der Waals surface area contributed by atoms with E-state index < -0.39 is 0 Å². The summed E-state index contributed by atoms with van der Waals surface area (Å²) >= 11 is 7.26. The van der Waals surface area contributed by atoms with Crippen molar-refractivity contribution in [2.75, 3.05) is 6.61 Å². The molecule has 0 unspecified atom stereocenters. The SMILES string of the molecule is CCOc1ccc(Cl)cc1-c1csc(C=O)n1. The van der Waals surface area contributed by atoms with Gasteiger partial charge in [0.15, 0.2) is 11.3 Å². The summed E-state index contributed by atoms with van der Waals surface area (Å²) in [4.78, 5) is 14.8. The zero-order valence-corrected chi connectivity index (χ0v) is 10.7. The minimum atomic E-state index is 0.447. The maximum absolute atomic E-state index is 10.6. The smallest absolute Gasteiger partial charge is 0.178 e. The third-order valence-corrected chi connectivity index (χ3v) is 3.15. The number of rotatable bonds is 4. The zero-order chi connectivity index (χ0) is 12.3. The summed E-state index contributed by atoms with van der Waals surface area (Å²) in [5, 5.41) is 2.88. The van der Waals surface area contributed by atoms with Gasteiger partial charge in [0, 0.05) is 16.0 Å². The standard InChI is InChI=1S/C12H10ClNO2S/c1-2-16-11-4-3-8(13)5-9(11)10-7-17-12(6-15)14-10/h3-7H,2H2,1H3. The summed E-state index contributed by atoms with van der Waals surface area (Å²) in [5.41, 5.74) is 1.52. The van der Waals surface area contributed by atoms with Crippen LogP contribution in [-0.2, 0) is 0 Å². The monoisotopic (exact) mass is 267 g/mol. The topological polar surface area (TPSA) is 39.2 Å². The van der Waals surface area contributed by atoms with Gasteiger partial charge in [-0.05, 0) is 25.1 Å². The lowest BCUT2D eigenvalue weighted by Gasteiger charge is -2.08. The second kappa shape index (κ2) is 5.29. The average molecular weight is 268 g/mol. The van der Waals surface area contributed by atoms with Crippen LogP contribution in [0.1, 0.15) is 16.7 Å². The number of ether oxygens (including phenoxy) is 1. The molecule has 2 rings (SSSR count). The predicted octanol–water partition coefficient (Wildman–Crippen LogP) is 3.67. The quantitative estimate of drug-likeness (QED) is 0.794. The van der Waals surface area contributed by atoms with Gasteiger partial charge in [-0.3, -0.25) is 4.79 Å². The highest BCUT2D eigenvalue weighted by molar-refractivity contribution is 7.11. The third-order valence-electron chi connectivity index (χ3n) is 2.14. The van der Waals surface area contributed by atoms with Crippen LogP contribution in [0.5, 0.6) is 5.75 Å². The maximum Gasteiger partial charge on any atom is 0.178 e. The Balaban J connectivity index is 2.48. The van der Waals surface area contributed by atoms with Gasteiger partial charge in [0.1, 0.15) is 5.75 Å². The molecule has 0 bridgehead atoms. The largest absolute Gasteiger partial charge is 0.493 e. The summed E-state index contributed by atoms with van der Waals surface area (Å²) in [6.45, 7) is 2.48. The number of benzene rings is 1. The van der Waals surface area contributed by atoms with Crippen LogP contribution in [0.25, 0.3) is 11.3 Å². The van der Waals surface area contributed by atoms with E-state index in [0.717, 1.165) is 17.6 Å². The molecule has 1 aromatic carbocycles. The van der Waals surface area contributed by atoms with E-state index in [1.54, 1.807) is 18.2 Å². The first-order valence-electron chi connectivity index (χ1n) is 5.08.